The number of aryl methyl sites for hydroxylation is 2. The van der Waals surface area contributed by atoms with Crippen LogP contribution in [0.5, 0.6) is 0 Å². The Bertz CT molecular complexity index is 1320. The van der Waals surface area contributed by atoms with E-state index in [4.69, 9.17) is 19.9 Å². The Labute approximate surface area is 345 Å². The van der Waals surface area contributed by atoms with Gasteiger partial charge < -0.3 is 25.1 Å². The maximum Gasteiger partial charge on any atom is 0.306 e. The van der Waals surface area contributed by atoms with E-state index in [2.05, 4.69) is 55.5 Å². The van der Waals surface area contributed by atoms with Crippen LogP contribution < -0.4 is 5.73 Å². The molecule has 0 bridgehead atoms. The number of Topliss-reactive ketones (excluding diaryl/α,β-unsaturated/α-hetero) is 1. The van der Waals surface area contributed by atoms with Gasteiger partial charge in [-0.3, -0.25) is 14.4 Å². The molecule has 1 aliphatic heterocycles. The number of ketones is 1. The lowest BCUT2D eigenvalue weighted by molar-refractivity contribution is -0.192. The summed E-state index contributed by atoms with van der Waals surface area (Å²) >= 11 is 0. The standard InChI is InChI=1S/C49H77NO7/c1-2-3-4-5-6-7-8-15-26-35-42(56-45(53)36-27-16-11-9-13-20-29-40-31-22-18-23-32-40)38-43(51)47-48(44(52)39-55-49(47)50)57-46(54)37-28-17-12-10-14-21-30-41-33-24-19-25-34-41/h18-19,22-25,31-34,42,44,47-49,52H,2-17,20-21,26-30,35-39,50H2,1H3/t42?,44-,47-,48+,49?/m1/s1. The summed E-state index contributed by atoms with van der Waals surface area (Å²) in [6.45, 7) is 2.11. The fourth-order valence-electron chi connectivity index (χ4n) is 7.95. The molecular formula is C49H77NO7. The molecule has 2 aromatic rings. The molecule has 0 aromatic heterocycles. The first-order chi connectivity index (χ1) is 27.9. The minimum Gasteiger partial charge on any atom is -0.462 e. The Kier molecular flexibility index (Phi) is 26.2. The summed E-state index contributed by atoms with van der Waals surface area (Å²) in [6.07, 6.45) is 22.3. The van der Waals surface area contributed by atoms with Crippen LogP contribution in [0.4, 0.5) is 0 Å². The lowest BCUT2D eigenvalue weighted by atomic mass is 9.86. The van der Waals surface area contributed by atoms with Crippen molar-refractivity contribution >= 4 is 17.7 Å². The van der Waals surface area contributed by atoms with Gasteiger partial charge in [-0.05, 0) is 62.5 Å². The van der Waals surface area contributed by atoms with Gasteiger partial charge in [0.2, 0.25) is 0 Å². The van der Waals surface area contributed by atoms with E-state index in [1.165, 1.54) is 62.5 Å². The first-order valence-corrected chi connectivity index (χ1v) is 22.9. The minimum atomic E-state index is -1.16. The van der Waals surface area contributed by atoms with Crippen LogP contribution in [0.3, 0.4) is 0 Å². The molecule has 0 amide bonds. The van der Waals surface area contributed by atoms with Crippen LogP contribution in [0.2, 0.25) is 0 Å². The Hall–Kier alpha value is -3.07. The number of carbonyl (C=O) groups is 3. The zero-order chi connectivity index (χ0) is 40.8. The van der Waals surface area contributed by atoms with Gasteiger partial charge in [0.1, 0.15) is 30.3 Å². The SMILES string of the molecule is CCCCCCCCCCCC(CC(=O)[C@H]1C(N)OC[C@@H](O)[C@@H]1OC(=O)CCCCCCCCc1ccccc1)OC(=O)CCCCCCCCc1ccccc1. The molecule has 0 radical (unpaired) electrons. The van der Waals surface area contributed by atoms with E-state index in [1.807, 2.05) is 12.1 Å². The molecule has 8 heteroatoms. The Morgan fingerprint density at radius 2 is 1.11 bits per heavy atom. The molecule has 2 unspecified atom stereocenters. The number of unbranched alkanes of at least 4 members (excludes halogenated alkanes) is 18. The Balaban J connectivity index is 1.42. The molecule has 5 atom stereocenters. The molecule has 0 saturated carbocycles. The van der Waals surface area contributed by atoms with Crippen molar-refractivity contribution in [3.8, 4) is 0 Å². The maximum absolute atomic E-state index is 13.9. The van der Waals surface area contributed by atoms with Gasteiger partial charge in [-0.1, -0.05) is 170 Å². The van der Waals surface area contributed by atoms with Gasteiger partial charge in [-0.25, -0.2) is 0 Å². The molecule has 1 saturated heterocycles. The molecule has 8 nitrogen and oxygen atoms in total. The highest BCUT2D eigenvalue weighted by molar-refractivity contribution is 5.83. The number of aliphatic hydroxyl groups excluding tert-OH is 1. The first kappa shape index (κ1) is 48.3. The van der Waals surface area contributed by atoms with Crippen molar-refractivity contribution in [1.82, 2.24) is 0 Å². The Morgan fingerprint density at radius 1 is 0.649 bits per heavy atom. The molecule has 1 aliphatic rings. The summed E-state index contributed by atoms with van der Waals surface area (Å²) in [4.78, 5) is 39.9. The normalized spacial score (nSPS) is 18.6. The first-order valence-electron chi connectivity index (χ1n) is 22.9. The Morgan fingerprint density at radius 3 is 1.63 bits per heavy atom. The van der Waals surface area contributed by atoms with Crippen molar-refractivity contribution in [2.75, 3.05) is 6.61 Å². The molecule has 0 aliphatic carbocycles. The second-order valence-electron chi connectivity index (χ2n) is 16.5. The molecule has 1 heterocycles. The molecule has 1 fully saturated rings. The highest BCUT2D eigenvalue weighted by Gasteiger charge is 2.45. The quantitative estimate of drug-likeness (QED) is 0.0541. The van der Waals surface area contributed by atoms with E-state index in [9.17, 15) is 19.5 Å². The number of esters is 2. The molecule has 3 N–H and O–H groups in total. The average Bonchev–Trinajstić information content (AvgIpc) is 3.21. The summed E-state index contributed by atoms with van der Waals surface area (Å²) in [7, 11) is 0. The summed E-state index contributed by atoms with van der Waals surface area (Å²) in [5, 5.41) is 10.8. The maximum atomic E-state index is 13.9. The zero-order valence-electron chi connectivity index (χ0n) is 35.4. The summed E-state index contributed by atoms with van der Waals surface area (Å²) in [5.74, 6) is -2.06. The van der Waals surface area contributed by atoms with Crippen LogP contribution in [0.1, 0.15) is 179 Å². The van der Waals surface area contributed by atoms with Gasteiger partial charge in [0.25, 0.3) is 0 Å². The van der Waals surface area contributed by atoms with E-state index >= 15 is 0 Å². The van der Waals surface area contributed by atoms with Crippen molar-refractivity contribution in [3.63, 3.8) is 0 Å². The van der Waals surface area contributed by atoms with Gasteiger partial charge in [0.15, 0.2) is 0 Å². The largest absolute Gasteiger partial charge is 0.462 e. The van der Waals surface area contributed by atoms with E-state index in [0.29, 0.717) is 19.3 Å². The van der Waals surface area contributed by atoms with Crippen LogP contribution in [0.15, 0.2) is 60.7 Å². The molecule has 57 heavy (non-hydrogen) atoms. The summed E-state index contributed by atoms with van der Waals surface area (Å²) in [6, 6.07) is 21.1. The second kappa shape index (κ2) is 30.9. The molecular weight excluding hydrogens is 715 g/mol. The summed E-state index contributed by atoms with van der Waals surface area (Å²) < 4.78 is 17.3. The fraction of sp³-hybridized carbons (Fsp3) is 0.694. The fourth-order valence-corrected chi connectivity index (χ4v) is 7.95. The smallest absolute Gasteiger partial charge is 0.306 e. The predicted octanol–water partition coefficient (Wildman–Crippen LogP) is 10.9. The van der Waals surface area contributed by atoms with Gasteiger partial charge in [0.05, 0.1) is 12.5 Å². The number of rotatable bonds is 33. The number of aliphatic hydroxyl groups is 1. The zero-order valence-corrected chi connectivity index (χ0v) is 35.4. The highest BCUT2D eigenvalue weighted by atomic mass is 16.6. The van der Waals surface area contributed by atoms with Gasteiger partial charge >= 0.3 is 11.9 Å². The minimum absolute atomic E-state index is 0.0447. The van der Waals surface area contributed by atoms with Crippen molar-refractivity contribution < 1.29 is 33.7 Å². The van der Waals surface area contributed by atoms with Crippen LogP contribution >= 0.6 is 0 Å². The molecule has 2 aromatic carbocycles. The number of ether oxygens (including phenoxy) is 3. The lowest BCUT2D eigenvalue weighted by Crippen LogP contribution is -2.57. The number of benzene rings is 2. The van der Waals surface area contributed by atoms with Crippen LogP contribution in [0.25, 0.3) is 0 Å². The monoisotopic (exact) mass is 792 g/mol. The second-order valence-corrected chi connectivity index (χ2v) is 16.5. The van der Waals surface area contributed by atoms with Crippen LogP contribution in [0, 0.1) is 5.92 Å². The van der Waals surface area contributed by atoms with Gasteiger partial charge in [-0.15, -0.1) is 0 Å². The van der Waals surface area contributed by atoms with E-state index in [1.54, 1.807) is 0 Å². The molecule has 320 valence electrons. The third-order valence-corrected chi connectivity index (χ3v) is 11.4. The van der Waals surface area contributed by atoms with Crippen LogP contribution in [-0.4, -0.2) is 54.0 Å². The highest BCUT2D eigenvalue weighted by Crippen LogP contribution is 2.27. The molecule has 0 spiro atoms. The summed E-state index contributed by atoms with van der Waals surface area (Å²) in [5.41, 5.74) is 9.04. The van der Waals surface area contributed by atoms with E-state index in [0.717, 1.165) is 89.9 Å². The third kappa shape index (κ3) is 22.0. The van der Waals surface area contributed by atoms with Gasteiger partial charge in [-0.2, -0.15) is 0 Å². The van der Waals surface area contributed by atoms with Crippen molar-refractivity contribution in [2.45, 2.75) is 205 Å². The topological polar surface area (TPSA) is 125 Å². The number of hydrogen-bond acceptors (Lipinski definition) is 8. The van der Waals surface area contributed by atoms with Crippen molar-refractivity contribution in [3.05, 3.63) is 71.8 Å². The third-order valence-electron chi connectivity index (χ3n) is 11.4. The number of carbonyl (C=O) groups excluding carboxylic acids is 3. The lowest BCUT2D eigenvalue weighted by Gasteiger charge is -2.38. The number of hydrogen-bond donors (Lipinski definition) is 2. The average molecular weight is 792 g/mol. The van der Waals surface area contributed by atoms with Crippen molar-refractivity contribution in [2.24, 2.45) is 11.7 Å². The molecule has 3 rings (SSSR count). The van der Waals surface area contributed by atoms with Gasteiger partial charge in [0, 0.05) is 19.3 Å². The van der Waals surface area contributed by atoms with Crippen LogP contribution in [-0.2, 0) is 41.4 Å². The predicted molar refractivity (Wildman–Crippen MR) is 230 cm³/mol. The van der Waals surface area contributed by atoms with E-state index in [-0.39, 0.29) is 31.2 Å². The van der Waals surface area contributed by atoms with Crippen molar-refractivity contribution in [1.29, 1.82) is 0 Å². The van der Waals surface area contributed by atoms with E-state index < -0.39 is 36.4 Å². The number of nitrogens with two attached hydrogens (primary N) is 1.